The van der Waals surface area contributed by atoms with Crippen LogP contribution in [0, 0.1) is 6.92 Å². The van der Waals surface area contributed by atoms with E-state index in [1.165, 1.54) is 35.7 Å². The van der Waals surface area contributed by atoms with Crippen LogP contribution in [0.4, 0.5) is 0 Å². The zero-order valence-electron chi connectivity index (χ0n) is 15.2. The van der Waals surface area contributed by atoms with Gasteiger partial charge >= 0.3 is 0 Å². The van der Waals surface area contributed by atoms with Crippen LogP contribution in [-0.4, -0.2) is 62.4 Å². The van der Waals surface area contributed by atoms with E-state index in [0.717, 1.165) is 37.9 Å². The fraction of sp³-hybridized carbons (Fsp3) is 0.526. The third-order valence-electron chi connectivity index (χ3n) is 5.02. The highest BCUT2D eigenvalue weighted by Gasteiger charge is 2.27. The Kier molecular flexibility index (Phi) is 5.26. The first kappa shape index (κ1) is 17.5. The summed E-state index contributed by atoms with van der Waals surface area (Å²) in [7, 11) is 0. The molecular formula is C19H25N5OS. The Morgan fingerprint density at radius 3 is 2.77 bits per heavy atom. The van der Waals surface area contributed by atoms with Crippen LogP contribution in [-0.2, 0) is 11.3 Å². The predicted molar refractivity (Wildman–Crippen MR) is 102 cm³/mol. The number of rotatable bonds is 6. The molecule has 0 spiro atoms. The van der Waals surface area contributed by atoms with Crippen LogP contribution in [0.1, 0.15) is 30.0 Å². The van der Waals surface area contributed by atoms with Crippen molar-refractivity contribution in [2.24, 2.45) is 0 Å². The van der Waals surface area contributed by atoms with E-state index in [-0.39, 0.29) is 5.91 Å². The zero-order chi connectivity index (χ0) is 17.9. The first-order valence-corrected chi connectivity index (χ1v) is 10.3. The first-order chi connectivity index (χ1) is 12.7. The van der Waals surface area contributed by atoms with Gasteiger partial charge in [-0.15, -0.1) is 10.2 Å². The molecule has 138 valence electrons. The van der Waals surface area contributed by atoms with Gasteiger partial charge in [-0.25, -0.2) is 0 Å². The number of nitrogens with zero attached hydrogens (tertiary/aromatic N) is 5. The number of benzene rings is 1. The minimum Gasteiger partial charge on any atom is -0.339 e. The standard InChI is InChI=1S/C19H25N5OS/c1-15-3-2-4-16(11-15)12-22-7-9-23(10-8-22)18(25)13-26-19-21-20-14-24(19)17-5-6-17/h2-4,11,14,17H,5-10,12-13H2,1H3. The molecule has 6 nitrogen and oxygen atoms in total. The molecule has 2 aromatic rings. The second kappa shape index (κ2) is 7.80. The van der Waals surface area contributed by atoms with Crippen LogP contribution in [0.15, 0.2) is 35.7 Å². The average Bonchev–Trinajstić information content (AvgIpc) is 3.38. The maximum atomic E-state index is 12.5. The lowest BCUT2D eigenvalue weighted by molar-refractivity contribution is -0.130. The Hall–Kier alpha value is -1.86. The molecule has 7 heteroatoms. The van der Waals surface area contributed by atoms with E-state index in [9.17, 15) is 4.79 Å². The summed E-state index contributed by atoms with van der Waals surface area (Å²) in [6.45, 7) is 6.57. The molecule has 1 saturated carbocycles. The van der Waals surface area contributed by atoms with Gasteiger partial charge in [-0.05, 0) is 25.3 Å². The van der Waals surface area contributed by atoms with Gasteiger partial charge in [0.15, 0.2) is 5.16 Å². The van der Waals surface area contributed by atoms with Gasteiger partial charge in [0.2, 0.25) is 5.91 Å². The fourth-order valence-electron chi connectivity index (χ4n) is 3.38. The maximum Gasteiger partial charge on any atom is 0.233 e. The Morgan fingerprint density at radius 2 is 2.04 bits per heavy atom. The largest absolute Gasteiger partial charge is 0.339 e. The number of aryl methyl sites for hydroxylation is 1. The SMILES string of the molecule is Cc1cccc(CN2CCN(C(=O)CSc3nncn3C3CC3)CC2)c1. The van der Waals surface area contributed by atoms with E-state index >= 15 is 0 Å². The van der Waals surface area contributed by atoms with Gasteiger partial charge in [-0.1, -0.05) is 41.6 Å². The molecule has 0 unspecified atom stereocenters. The minimum atomic E-state index is 0.204. The van der Waals surface area contributed by atoms with E-state index < -0.39 is 0 Å². The van der Waals surface area contributed by atoms with Crippen LogP contribution in [0.25, 0.3) is 0 Å². The molecule has 1 amide bonds. The van der Waals surface area contributed by atoms with Crippen molar-refractivity contribution in [3.05, 3.63) is 41.7 Å². The van der Waals surface area contributed by atoms with E-state index in [0.29, 0.717) is 11.8 Å². The molecule has 2 aliphatic rings. The highest BCUT2D eigenvalue weighted by molar-refractivity contribution is 7.99. The van der Waals surface area contributed by atoms with Crippen molar-refractivity contribution in [1.29, 1.82) is 0 Å². The van der Waals surface area contributed by atoms with Crippen LogP contribution < -0.4 is 0 Å². The molecule has 0 radical (unpaired) electrons. The van der Waals surface area contributed by atoms with Gasteiger partial charge in [-0.3, -0.25) is 9.69 Å². The maximum absolute atomic E-state index is 12.5. The predicted octanol–water partition coefficient (Wildman–Crippen LogP) is 2.36. The molecule has 1 aliphatic heterocycles. The molecule has 1 aromatic heterocycles. The molecule has 1 aromatic carbocycles. The second-order valence-corrected chi connectivity index (χ2v) is 8.13. The lowest BCUT2D eigenvalue weighted by Crippen LogP contribution is -2.48. The number of piperazine rings is 1. The second-order valence-electron chi connectivity index (χ2n) is 7.19. The summed E-state index contributed by atoms with van der Waals surface area (Å²) in [5.74, 6) is 0.652. The average molecular weight is 372 g/mol. The molecular weight excluding hydrogens is 346 g/mol. The van der Waals surface area contributed by atoms with E-state index in [1.807, 2.05) is 4.90 Å². The Balaban J connectivity index is 1.23. The summed E-state index contributed by atoms with van der Waals surface area (Å²) < 4.78 is 2.11. The van der Waals surface area contributed by atoms with Gasteiger partial charge < -0.3 is 9.47 Å². The number of hydrogen-bond donors (Lipinski definition) is 0. The third-order valence-corrected chi connectivity index (χ3v) is 5.96. The molecule has 0 N–H and O–H groups in total. The highest BCUT2D eigenvalue weighted by atomic mass is 32.2. The van der Waals surface area contributed by atoms with Crippen LogP contribution in [0.2, 0.25) is 0 Å². The number of thioether (sulfide) groups is 1. The summed E-state index contributed by atoms with van der Waals surface area (Å²) >= 11 is 1.51. The van der Waals surface area contributed by atoms with E-state index in [1.54, 1.807) is 6.33 Å². The number of carbonyl (C=O) groups is 1. The highest BCUT2D eigenvalue weighted by Crippen LogP contribution is 2.37. The van der Waals surface area contributed by atoms with Crippen molar-refractivity contribution < 1.29 is 4.79 Å². The molecule has 0 atom stereocenters. The van der Waals surface area contributed by atoms with Crippen LogP contribution >= 0.6 is 11.8 Å². The molecule has 0 bridgehead atoms. The van der Waals surface area contributed by atoms with Crippen LogP contribution in [0.3, 0.4) is 0 Å². The minimum absolute atomic E-state index is 0.204. The molecule has 1 saturated heterocycles. The summed E-state index contributed by atoms with van der Waals surface area (Å²) in [5.41, 5.74) is 2.65. The monoisotopic (exact) mass is 371 g/mol. The van der Waals surface area contributed by atoms with E-state index in [2.05, 4.69) is 50.9 Å². The summed E-state index contributed by atoms with van der Waals surface area (Å²) in [6.07, 6.45) is 4.18. The smallest absolute Gasteiger partial charge is 0.233 e. The summed E-state index contributed by atoms with van der Waals surface area (Å²) in [6, 6.07) is 9.21. The van der Waals surface area contributed by atoms with Gasteiger partial charge in [0.1, 0.15) is 6.33 Å². The molecule has 2 fully saturated rings. The van der Waals surface area contributed by atoms with Crippen molar-refractivity contribution >= 4 is 17.7 Å². The number of carbonyl (C=O) groups excluding carboxylic acids is 1. The normalized spacial score (nSPS) is 18.3. The lowest BCUT2D eigenvalue weighted by Gasteiger charge is -2.34. The quantitative estimate of drug-likeness (QED) is 0.730. The number of amides is 1. The Morgan fingerprint density at radius 1 is 1.23 bits per heavy atom. The Bertz CT molecular complexity index is 765. The molecule has 1 aliphatic carbocycles. The van der Waals surface area contributed by atoms with Crippen molar-refractivity contribution in [2.75, 3.05) is 31.9 Å². The molecule has 4 rings (SSSR count). The fourth-order valence-corrected chi connectivity index (χ4v) is 4.27. The number of aromatic nitrogens is 3. The lowest BCUT2D eigenvalue weighted by atomic mass is 10.1. The van der Waals surface area contributed by atoms with Crippen molar-refractivity contribution in [3.63, 3.8) is 0 Å². The van der Waals surface area contributed by atoms with Gasteiger partial charge in [0, 0.05) is 38.8 Å². The molecule has 2 heterocycles. The van der Waals surface area contributed by atoms with Crippen molar-refractivity contribution in [2.45, 2.75) is 37.5 Å². The number of hydrogen-bond acceptors (Lipinski definition) is 5. The van der Waals surface area contributed by atoms with Crippen molar-refractivity contribution in [1.82, 2.24) is 24.6 Å². The van der Waals surface area contributed by atoms with Gasteiger partial charge in [0.05, 0.1) is 5.75 Å². The summed E-state index contributed by atoms with van der Waals surface area (Å²) in [5, 5.41) is 9.02. The third kappa shape index (κ3) is 4.27. The van der Waals surface area contributed by atoms with Gasteiger partial charge in [0.25, 0.3) is 0 Å². The van der Waals surface area contributed by atoms with E-state index in [4.69, 9.17) is 0 Å². The topological polar surface area (TPSA) is 54.3 Å². The molecule has 26 heavy (non-hydrogen) atoms. The first-order valence-electron chi connectivity index (χ1n) is 9.27. The van der Waals surface area contributed by atoms with Crippen molar-refractivity contribution in [3.8, 4) is 0 Å². The zero-order valence-corrected chi connectivity index (χ0v) is 16.0. The van der Waals surface area contributed by atoms with Crippen LogP contribution in [0.5, 0.6) is 0 Å². The van der Waals surface area contributed by atoms with Gasteiger partial charge in [-0.2, -0.15) is 0 Å². The summed E-state index contributed by atoms with van der Waals surface area (Å²) in [4.78, 5) is 16.9. The Labute approximate surface area is 158 Å².